The average molecular weight is 405 g/mol. The summed E-state index contributed by atoms with van der Waals surface area (Å²) in [7, 11) is 0. The second kappa shape index (κ2) is 8.63. The van der Waals surface area contributed by atoms with Gasteiger partial charge in [0, 0.05) is 30.7 Å². The van der Waals surface area contributed by atoms with E-state index in [2.05, 4.69) is 15.6 Å². The number of aromatic nitrogens is 2. The zero-order valence-corrected chi connectivity index (χ0v) is 16.9. The van der Waals surface area contributed by atoms with Gasteiger partial charge in [0.25, 0.3) is 0 Å². The lowest BCUT2D eigenvalue weighted by Gasteiger charge is -2.15. The van der Waals surface area contributed by atoms with Crippen LogP contribution in [-0.2, 0) is 11.3 Å². The zero-order valence-electron chi connectivity index (χ0n) is 15.4. The summed E-state index contributed by atoms with van der Waals surface area (Å²) in [6.45, 7) is 4.47. The maximum atomic E-state index is 12.1. The van der Waals surface area contributed by atoms with Crippen LogP contribution in [-0.4, -0.2) is 21.2 Å². The Morgan fingerprint density at radius 2 is 1.96 bits per heavy atom. The van der Waals surface area contributed by atoms with E-state index in [4.69, 9.17) is 23.2 Å². The van der Waals surface area contributed by atoms with Gasteiger partial charge in [0.1, 0.15) is 5.15 Å². The van der Waals surface area contributed by atoms with Crippen molar-refractivity contribution in [1.29, 1.82) is 0 Å². The number of pyridine rings is 1. The summed E-state index contributed by atoms with van der Waals surface area (Å²) < 4.78 is 1.85. The van der Waals surface area contributed by atoms with E-state index in [1.54, 1.807) is 0 Å². The molecule has 0 spiro atoms. The van der Waals surface area contributed by atoms with E-state index < -0.39 is 0 Å². The van der Waals surface area contributed by atoms with Crippen LogP contribution in [0.15, 0.2) is 36.5 Å². The molecule has 2 aromatic heterocycles. The Morgan fingerprint density at radius 1 is 1.19 bits per heavy atom. The summed E-state index contributed by atoms with van der Waals surface area (Å²) in [6, 6.07) is 9.78. The number of aryl methyl sites for hydroxylation is 2. The SMILES string of the molecule is Cc1cccc(NC(=O)CCCCl)c1CNc1cccn2c(Cl)c(C)nc12. The average Bonchev–Trinajstić information content (AvgIpc) is 2.94. The Labute approximate surface area is 168 Å². The first-order valence-electron chi connectivity index (χ1n) is 8.82. The van der Waals surface area contributed by atoms with Gasteiger partial charge in [-0.3, -0.25) is 9.20 Å². The van der Waals surface area contributed by atoms with Crippen molar-refractivity contribution in [2.24, 2.45) is 0 Å². The number of hydrogen-bond donors (Lipinski definition) is 2. The maximum Gasteiger partial charge on any atom is 0.224 e. The molecule has 2 N–H and O–H groups in total. The predicted octanol–water partition coefficient (Wildman–Crippen LogP) is 5.17. The van der Waals surface area contributed by atoms with Gasteiger partial charge in [0.05, 0.1) is 11.4 Å². The third-order valence-corrected chi connectivity index (χ3v) is 5.15. The van der Waals surface area contributed by atoms with Gasteiger partial charge >= 0.3 is 0 Å². The highest BCUT2D eigenvalue weighted by molar-refractivity contribution is 6.30. The van der Waals surface area contributed by atoms with Gasteiger partial charge in [-0.05, 0) is 49.6 Å². The lowest BCUT2D eigenvalue weighted by molar-refractivity contribution is -0.116. The van der Waals surface area contributed by atoms with Crippen LogP contribution in [0.4, 0.5) is 11.4 Å². The number of hydrogen-bond acceptors (Lipinski definition) is 3. The number of nitrogens with one attached hydrogen (secondary N) is 2. The number of carbonyl (C=O) groups excluding carboxylic acids is 1. The minimum atomic E-state index is -0.0275. The number of amides is 1. The highest BCUT2D eigenvalue weighted by Crippen LogP contribution is 2.26. The Hall–Kier alpha value is -2.24. The molecule has 5 nitrogen and oxygen atoms in total. The molecule has 3 rings (SSSR count). The zero-order chi connectivity index (χ0) is 19.4. The monoisotopic (exact) mass is 404 g/mol. The third kappa shape index (κ3) is 4.37. The topological polar surface area (TPSA) is 58.4 Å². The van der Waals surface area contributed by atoms with Crippen molar-refractivity contribution in [1.82, 2.24) is 9.38 Å². The quantitative estimate of drug-likeness (QED) is 0.533. The second-order valence-electron chi connectivity index (χ2n) is 6.40. The molecule has 0 radical (unpaired) electrons. The number of carbonyl (C=O) groups is 1. The molecular weight excluding hydrogens is 383 g/mol. The number of rotatable bonds is 7. The molecule has 0 aliphatic rings. The van der Waals surface area contributed by atoms with E-state index in [1.807, 2.05) is 54.8 Å². The fourth-order valence-electron chi connectivity index (χ4n) is 2.97. The van der Waals surface area contributed by atoms with Crippen LogP contribution in [0, 0.1) is 13.8 Å². The van der Waals surface area contributed by atoms with Crippen molar-refractivity contribution in [3.63, 3.8) is 0 Å². The summed E-state index contributed by atoms with van der Waals surface area (Å²) in [6.07, 6.45) is 2.96. The second-order valence-corrected chi connectivity index (χ2v) is 7.13. The highest BCUT2D eigenvalue weighted by atomic mass is 35.5. The number of imidazole rings is 1. The van der Waals surface area contributed by atoms with Gasteiger partial charge < -0.3 is 10.6 Å². The van der Waals surface area contributed by atoms with Crippen molar-refractivity contribution in [2.75, 3.05) is 16.5 Å². The predicted molar refractivity (Wildman–Crippen MR) is 112 cm³/mol. The van der Waals surface area contributed by atoms with Crippen LogP contribution >= 0.6 is 23.2 Å². The summed E-state index contributed by atoms with van der Waals surface area (Å²) in [5.41, 5.74) is 5.40. The lowest BCUT2D eigenvalue weighted by Crippen LogP contribution is -2.14. The van der Waals surface area contributed by atoms with Crippen LogP contribution in [0.1, 0.15) is 29.7 Å². The fourth-order valence-corrected chi connectivity index (χ4v) is 3.28. The minimum Gasteiger partial charge on any atom is -0.378 e. The van der Waals surface area contributed by atoms with Gasteiger partial charge in [-0.1, -0.05) is 23.7 Å². The molecule has 0 unspecified atom stereocenters. The van der Waals surface area contributed by atoms with Crippen LogP contribution in [0.3, 0.4) is 0 Å². The standard InChI is InChI=1S/C20H22Cl2N4O/c1-13-6-3-7-16(25-18(27)9-4-10-21)15(13)12-23-17-8-5-11-26-19(22)14(2)24-20(17)26/h3,5-8,11,23H,4,9-10,12H2,1-2H3,(H,25,27). The Balaban J connectivity index is 1.82. The molecule has 0 aliphatic carbocycles. The van der Waals surface area contributed by atoms with Gasteiger partial charge in [-0.25, -0.2) is 4.98 Å². The highest BCUT2D eigenvalue weighted by Gasteiger charge is 2.12. The van der Waals surface area contributed by atoms with Gasteiger partial charge in [0.2, 0.25) is 5.91 Å². The molecule has 0 fully saturated rings. The number of nitrogens with zero attached hydrogens (tertiary/aromatic N) is 2. The number of benzene rings is 1. The van der Waals surface area contributed by atoms with Crippen molar-refractivity contribution < 1.29 is 4.79 Å². The van der Waals surface area contributed by atoms with E-state index in [-0.39, 0.29) is 5.91 Å². The van der Waals surface area contributed by atoms with Gasteiger partial charge in [-0.2, -0.15) is 0 Å². The molecule has 0 bridgehead atoms. The number of fused-ring (bicyclic) bond motifs is 1. The molecular formula is C20H22Cl2N4O. The first-order valence-corrected chi connectivity index (χ1v) is 9.74. The van der Waals surface area contributed by atoms with Crippen molar-refractivity contribution in [2.45, 2.75) is 33.2 Å². The first kappa shape index (κ1) is 19.5. The summed E-state index contributed by atoms with van der Waals surface area (Å²) in [5.74, 6) is 0.451. The number of anilines is 2. The van der Waals surface area contributed by atoms with Crippen LogP contribution in [0.2, 0.25) is 5.15 Å². The fraction of sp³-hybridized carbons (Fsp3) is 0.300. The molecule has 0 saturated carbocycles. The lowest BCUT2D eigenvalue weighted by atomic mass is 10.1. The minimum absolute atomic E-state index is 0.0275. The molecule has 0 saturated heterocycles. The first-order chi connectivity index (χ1) is 13.0. The van der Waals surface area contributed by atoms with E-state index in [1.165, 1.54) is 0 Å². The van der Waals surface area contributed by atoms with E-state index >= 15 is 0 Å². The van der Waals surface area contributed by atoms with E-state index in [0.29, 0.717) is 30.4 Å². The van der Waals surface area contributed by atoms with E-state index in [9.17, 15) is 4.79 Å². The third-order valence-electron chi connectivity index (χ3n) is 4.43. The smallest absolute Gasteiger partial charge is 0.224 e. The molecule has 1 amide bonds. The molecule has 1 aromatic carbocycles. The van der Waals surface area contributed by atoms with Crippen molar-refractivity contribution in [3.05, 3.63) is 58.5 Å². The number of halogens is 2. The molecule has 0 aliphatic heterocycles. The van der Waals surface area contributed by atoms with Crippen LogP contribution in [0.25, 0.3) is 5.65 Å². The van der Waals surface area contributed by atoms with Crippen LogP contribution in [0.5, 0.6) is 0 Å². The Kier molecular flexibility index (Phi) is 6.24. The van der Waals surface area contributed by atoms with E-state index in [0.717, 1.165) is 33.8 Å². The van der Waals surface area contributed by atoms with Crippen molar-refractivity contribution in [3.8, 4) is 0 Å². The molecule has 7 heteroatoms. The summed E-state index contributed by atoms with van der Waals surface area (Å²) >= 11 is 12.0. The van der Waals surface area contributed by atoms with Gasteiger partial charge in [-0.15, -0.1) is 11.6 Å². The molecule has 142 valence electrons. The normalized spacial score (nSPS) is 11.0. The largest absolute Gasteiger partial charge is 0.378 e. The summed E-state index contributed by atoms with van der Waals surface area (Å²) in [5, 5.41) is 7.03. The summed E-state index contributed by atoms with van der Waals surface area (Å²) in [4.78, 5) is 16.6. The Bertz CT molecular complexity index is 968. The van der Waals surface area contributed by atoms with Gasteiger partial charge in [0.15, 0.2) is 5.65 Å². The number of alkyl halides is 1. The molecule has 3 aromatic rings. The maximum absolute atomic E-state index is 12.1. The molecule has 2 heterocycles. The Morgan fingerprint density at radius 3 is 2.74 bits per heavy atom. The van der Waals surface area contributed by atoms with Crippen LogP contribution < -0.4 is 10.6 Å². The molecule has 27 heavy (non-hydrogen) atoms. The molecule has 0 atom stereocenters. The van der Waals surface area contributed by atoms with Crippen molar-refractivity contribution >= 4 is 46.1 Å².